The summed E-state index contributed by atoms with van der Waals surface area (Å²) in [5, 5.41) is 3.20. The summed E-state index contributed by atoms with van der Waals surface area (Å²) in [6.45, 7) is 1.38. The molecule has 6 nitrogen and oxygen atoms in total. The Morgan fingerprint density at radius 1 is 1.21 bits per heavy atom. The van der Waals surface area contributed by atoms with Crippen LogP contribution in [0, 0.1) is 0 Å². The van der Waals surface area contributed by atoms with Crippen molar-refractivity contribution in [3.63, 3.8) is 0 Å². The van der Waals surface area contributed by atoms with Crippen molar-refractivity contribution >= 4 is 27.5 Å². The number of nitrogens with zero attached hydrogens (tertiary/aromatic N) is 1. The molecule has 1 saturated heterocycles. The van der Waals surface area contributed by atoms with Crippen molar-refractivity contribution in [1.29, 1.82) is 0 Å². The molecule has 8 heteroatoms. The van der Waals surface area contributed by atoms with Crippen LogP contribution in [0.2, 0.25) is 5.02 Å². The van der Waals surface area contributed by atoms with Gasteiger partial charge in [-0.1, -0.05) is 24.4 Å². The van der Waals surface area contributed by atoms with E-state index in [0.717, 1.165) is 25.7 Å². The summed E-state index contributed by atoms with van der Waals surface area (Å²) >= 11 is 6.12. The molecular weight excluding hydrogens is 352 g/mol. The van der Waals surface area contributed by atoms with Crippen LogP contribution in [0.1, 0.15) is 36.0 Å². The van der Waals surface area contributed by atoms with E-state index in [1.54, 1.807) is 0 Å². The zero-order chi connectivity index (χ0) is 17.2. The average molecular weight is 373 g/mol. The highest BCUT2D eigenvalue weighted by molar-refractivity contribution is 7.89. The van der Waals surface area contributed by atoms with Gasteiger partial charge in [0.25, 0.3) is 5.91 Å². The topological polar surface area (TPSA) is 75.7 Å². The lowest BCUT2D eigenvalue weighted by molar-refractivity contribution is 0.0730. The minimum Gasteiger partial charge on any atom is -0.379 e. The SMILES string of the molecule is O=C(NC1CCCC1)c1cc(S(=O)(=O)N2CCOCC2)ccc1Cl. The van der Waals surface area contributed by atoms with Crippen molar-refractivity contribution in [3.05, 3.63) is 28.8 Å². The maximum absolute atomic E-state index is 12.7. The molecule has 24 heavy (non-hydrogen) atoms. The first kappa shape index (κ1) is 17.7. The van der Waals surface area contributed by atoms with E-state index in [4.69, 9.17) is 16.3 Å². The van der Waals surface area contributed by atoms with E-state index in [9.17, 15) is 13.2 Å². The number of morpholine rings is 1. The Labute approximate surface area is 147 Å². The van der Waals surface area contributed by atoms with Crippen LogP contribution in [0.15, 0.2) is 23.1 Å². The molecule has 1 amide bonds. The van der Waals surface area contributed by atoms with Gasteiger partial charge in [-0.3, -0.25) is 4.79 Å². The summed E-state index contributed by atoms with van der Waals surface area (Å²) in [5.74, 6) is -0.314. The Morgan fingerprint density at radius 3 is 2.54 bits per heavy atom. The van der Waals surface area contributed by atoms with Gasteiger partial charge in [-0.2, -0.15) is 4.31 Å². The van der Waals surface area contributed by atoms with Crippen molar-refractivity contribution in [2.24, 2.45) is 0 Å². The normalized spacial score (nSPS) is 20.2. The first-order valence-corrected chi connectivity index (χ1v) is 9.98. The first-order chi connectivity index (χ1) is 11.5. The van der Waals surface area contributed by atoms with Crippen molar-refractivity contribution in [2.75, 3.05) is 26.3 Å². The monoisotopic (exact) mass is 372 g/mol. The van der Waals surface area contributed by atoms with Crippen molar-refractivity contribution in [2.45, 2.75) is 36.6 Å². The van der Waals surface area contributed by atoms with Crippen LogP contribution in [0.4, 0.5) is 0 Å². The van der Waals surface area contributed by atoms with Gasteiger partial charge in [-0.25, -0.2) is 8.42 Å². The maximum Gasteiger partial charge on any atom is 0.253 e. The summed E-state index contributed by atoms with van der Waals surface area (Å²) in [7, 11) is -3.65. The molecule has 1 heterocycles. The number of halogens is 1. The van der Waals surface area contributed by atoms with Crippen molar-refractivity contribution in [3.8, 4) is 0 Å². The Hall–Kier alpha value is -1.15. The van der Waals surface area contributed by atoms with Gasteiger partial charge in [0.1, 0.15) is 0 Å². The smallest absolute Gasteiger partial charge is 0.253 e. The Kier molecular flexibility index (Phi) is 5.44. The number of hydrogen-bond acceptors (Lipinski definition) is 4. The lowest BCUT2D eigenvalue weighted by atomic mass is 10.2. The van der Waals surface area contributed by atoms with E-state index in [0.29, 0.717) is 26.3 Å². The lowest BCUT2D eigenvalue weighted by Gasteiger charge is -2.26. The molecule has 1 aromatic carbocycles. The molecule has 1 aromatic rings. The molecule has 1 aliphatic heterocycles. The second-order valence-corrected chi connectivity index (χ2v) is 8.46. The fourth-order valence-electron chi connectivity index (χ4n) is 3.11. The number of ether oxygens (including phenoxy) is 1. The largest absolute Gasteiger partial charge is 0.379 e. The molecule has 0 radical (unpaired) electrons. The zero-order valence-electron chi connectivity index (χ0n) is 13.3. The van der Waals surface area contributed by atoms with E-state index in [1.165, 1.54) is 22.5 Å². The number of sulfonamides is 1. The fraction of sp³-hybridized carbons (Fsp3) is 0.562. The Balaban J connectivity index is 1.83. The van der Waals surface area contributed by atoms with Crippen LogP contribution in [-0.2, 0) is 14.8 Å². The van der Waals surface area contributed by atoms with Gasteiger partial charge in [0.2, 0.25) is 10.0 Å². The van der Waals surface area contributed by atoms with Gasteiger partial charge in [0, 0.05) is 19.1 Å². The Morgan fingerprint density at radius 2 is 1.88 bits per heavy atom. The number of benzene rings is 1. The van der Waals surface area contributed by atoms with Crippen molar-refractivity contribution in [1.82, 2.24) is 9.62 Å². The molecule has 3 rings (SSSR count). The Bertz CT molecular complexity index is 711. The molecule has 2 fully saturated rings. The molecule has 2 aliphatic rings. The summed E-state index contributed by atoms with van der Waals surface area (Å²) in [6.07, 6.45) is 4.11. The van der Waals surface area contributed by atoms with E-state index in [-0.39, 0.29) is 27.4 Å². The highest BCUT2D eigenvalue weighted by Gasteiger charge is 2.28. The highest BCUT2D eigenvalue weighted by atomic mass is 35.5. The third kappa shape index (κ3) is 3.74. The predicted molar refractivity (Wildman–Crippen MR) is 90.8 cm³/mol. The van der Waals surface area contributed by atoms with Crippen LogP contribution in [-0.4, -0.2) is 51.0 Å². The zero-order valence-corrected chi connectivity index (χ0v) is 14.9. The van der Waals surface area contributed by atoms with Crippen LogP contribution in [0.25, 0.3) is 0 Å². The van der Waals surface area contributed by atoms with E-state index in [2.05, 4.69) is 5.32 Å². The van der Waals surface area contributed by atoms with Crippen LogP contribution in [0.3, 0.4) is 0 Å². The molecule has 0 bridgehead atoms. The third-order valence-corrected chi connectivity index (χ3v) is 6.70. The first-order valence-electron chi connectivity index (χ1n) is 8.17. The van der Waals surface area contributed by atoms with E-state index >= 15 is 0 Å². The second-order valence-electron chi connectivity index (χ2n) is 6.11. The standard InChI is InChI=1S/C16H21ClN2O4S/c17-15-6-5-13(24(21,22)19-7-9-23-10-8-19)11-14(15)16(20)18-12-3-1-2-4-12/h5-6,11-12H,1-4,7-10H2,(H,18,20). The maximum atomic E-state index is 12.7. The molecule has 1 saturated carbocycles. The van der Waals surface area contributed by atoms with E-state index < -0.39 is 10.0 Å². The van der Waals surface area contributed by atoms with Gasteiger partial charge in [0.15, 0.2) is 0 Å². The van der Waals surface area contributed by atoms with Gasteiger partial charge in [0.05, 0.1) is 28.7 Å². The minimum atomic E-state index is -3.65. The molecular formula is C16H21ClN2O4S. The molecule has 1 N–H and O–H groups in total. The number of hydrogen-bond donors (Lipinski definition) is 1. The predicted octanol–water partition coefficient (Wildman–Crippen LogP) is 2.03. The van der Waals surface area contributed by atoms with Crippen LogP contribution >= 0.6 is 11.6 Å². The van der Waals surface area contributed by atoms with Gasteiger partial charge in [-0.15, -0.1) is 0 Å². The van der Waals surface area contributed by atoms with Gasteiger partial charge >= 0.3 is 0 Å². The number of carbonyl (C=O) groups excluding carboxylic acids is 1. The van der Waals surface area contributed by atoms with Crippen molar-refractivity contribution < 1.29 is 17.9 Å². The summed E-state index contributed by atoms with van der Waals surface area (Å²) in [4.78, 5) is 12.5. The summed E-state index contributed by atoms with van der Waals surface area (Å²) in [6, 6.07) is 4.43. The third-order valence-electron chi connectivity index (χ3n) is 4.48. The molecule has 0 atom stereocenters. The average Bonchev–Trinajstić information content (AvgIpc) is 3.08. The molecule has 0 spiro atoms. The number of rotatable bonds is 4. The molecule has 1 aliphatic carbocycles. The van der Waals surface area contributed by atoms with Gasteiger partial charge in [-0.05, 0) is 31.0 Å². The minimum absolute atomic E-state index is 0.0883. The number of carbonyl (C=O) groups is 1. The fourth-order valence-corrected chi connectivity index (χ4v) is 4.75. The summed E-state index contributed by atoms with van der Waals surface area (Å²) < 4.78 is 32.0. The molecule has 0 aromatic heterocycles. The number of nitrogens with one attached hydrogen (secondary N) is 1. The quantitative estimate of drug-likeness (QED) is 0.877. The van der Waals surface area contributed by atoms with E-state index in [1.807, 2.05) is 0 Å². The van der Waals surface area contributed by atoms with Crippen LogP contribution in [0.5, 0.6) is 0 Å². The summed E-state index contributed by atoms with van der Waals surface area (Å²) in [5.41, 5.74) is 0.206. The lowest BCUT2D eigenvalue weighted by Crippen LogP contribution is -2.40. The van der Waals surface area contributed by atoms with Gasteiger partial charge < -0.3 is 10.1 Å². The second kappa shape index (κ2) is 7.39. The molecule has 132 valence electrons. The molecule has 0 unspecified atom stereocenters. The number of amides is 1. The van der Waals surface area contributed by atoms with Crippen LogP contribution < -0.4 is 5.32 Å². The highest BCUT2D eigenvalue weighted by Crippen LogP contribution is 2.25.